The predicted molar refractivity (Wildman–Crippen MR) is 129 cm³/mol. The summed E-state index contributed by atoms with van der Waals surface area (Å²) in [5.41, 5.74) is 5.65. The fourth-order valence-electron chi connectivity index (χ4n) is 5.91. The van der Waals surface area contributed by atoms with Gasteiger partial charge < -0.3 is 15.0 Å². The minimum Gasteiger partial charge on any atom is -0.381 e. The Morgan fingerprint density at radius 1 is 0.971 bits per heavy atom. The van der Waals surface area contributed by atoms with Crippen LogP contribution in [0.3, 0.4) is 0 Å². The van der Waals surface area contributed by atoms with E-state index < -0.39 is 16.1 Å². The van der Waals surface area contributed by atoms with E-state index in [1.165, 1.54) is 17.2 Å². The first-order valence-corrected chi connectivity index (χ1v) is 14.0. The van der Waals surface area contributed by atoms with Gasteiger partial charge in [-0.05, 0) is 92.5 Å². The molecule has 2 heterocycles. The zero-order valence-corrected chi connectivity index (χ0v) is 20.3. The molecule has 2 N–H and O–H groups in total. The minimum absolute atomic E-state index is 0.0578. The summed E-state index contributed by atoms with van der Waals surface area (Å²) in [6, 6.07) is 1.26. The van der Waals surface area contributed by atoms with E-state index in [4.69, 9.17) is 4.74 Å². The molecule has 1 atom stereocenters. The van der Waals surface area contributed by atoms with E-state index in [1.54, 1.807) is 4.90 Å². The molecule has 0 unspecified atom stereocenters. The van der Waals surface area contributed by atoms with Crippen LogP contribution in [0.25, 0.3) is 0 Å². The maximum atomic E-state index is 12.9. The quantitative estimate of drug-likeness (QED) is 0.664. The van der Waals surface area contributed by atoms with Crippen molar-refractivity contribution in [1.82, 2.24) is 9.62 Å². The first-order chi connectivity index (χ1) is 16.4. The summed E-state index contributed by atoms with van der Waals surface area (Å²) in [6.45, 7) is 1.81. The summed E-state index contributed by atoms with van der Waals surface area (Å²) in [6.07, 6.45) is 10.4. The molecule has 3 amide bonds. The number of benzene rings is 1. The van der Waals surface area contributed by atoms with E-state index in [0.717, 1.165) is 73.6 Å². The number of amides is 3. The van der Waals surface area contributed by atoms with Crippen molar-refractivity contribution in [3.8, 4) is 0 Å². The van der Waals surface area contributed by atoms with E-state index in [0.29, 0.717) is 32.6 Å². The summed E-state index contributed by atoms with van der Waals surface area (Å²) < 4.78 is 32.8. The van der Waals surface area contributed by atoms with Gasteiger partial charge in [-0.25, -0.2) is 17.9 Å². The van der Waals surface area contributed by atoms with Gasteiger partial charge >= 0.3 is 6.03 Å². The zero-order valence-electron chi connectivity index (χ0n) is 19.5. The summed E-state index contributed by atoms with van der Waals surface area (Å²) in [7, 11) is -3.99. The van der Waals surface area contributed by atoms with Crippen LogP contribution in [0, 0.1) is 5.92 Å². The number of nitrogens with zero attached hydrogens (tertiary/aromatic N) is 1. The number of fused-ring (bicyclic) bond motifs is 2. The van der Waals surface area contributed by atoms with Crippen molar-refractivity contribution in [2.45, 2.75) is 70.3 Å². The van der Waals surface area contributed by atoms with Crippen LogP contribution < -0.4 is 10.0 Å². The van der Waals surface area contributed by atoms with Crippen LogP contribution in [-0.4, -0.2) is 51.1 Å². The summed E-state index contributed by atoms with van der Waals surface area (Å²) in [5, 5.41) is 3.89. The normalized spacial score (nSPS) is 22.7. The second-order valence-electron chi connectivity index (χ2n) is 9.79. The summed E-state index contributed by atoms with van der Waals surface area (Å²) >= 11 is 0. The van der Waals surface area contributed by atoms with Crippen molar-refractivity contribution in [2.75, 3.05) is 25.1 Å². The summed E-state index contributed by atoms with van der Waals surface area (Å²) in [5.74, 6) is 0.0166. The van der Waals surface area contributed by atoms with E-state index in [9.17, 15) is 18.0 Å². The lowest BCUT2D eigenvalue weighted by atomic mass is 9.98. The largest absolute Gasteiger partial charge is 0.381 e. The molecule has 0 radical (unpaired) electrons. The number of likely N-dealkylation sites (tertiary alicyclic amines) is 1. The van der Waals surface area contributed by atoms with Gasteiger partial charge in [-0.1, -0.05) is 6.07 Å². The Bertz CT molecular complexity index is 1080. The first kappa shape index (κ1) is 23.4. The third-order valence-corrected chi connectivity index (χ3v) is 8.56. The topological polar surface area (TPSA) is 105 Å². The number of anilines is 1. The molecule has 0 bridgehead atoms. The number of sulfonamides is 1. The van der Waals surface area contributed by atoms with Gasteiger partial charge in [0.2, 0.25) is 5.91 Å². The standard InChI is InChI=1S/C25H33N3O5S/c29-24(17-9-13-33-14-10-17)28-12-3-6-20(28)11-15-34(31,32)27-25(30)26-23-21-7-1-4-18(21)16-19-5-2-8-22(19)23/h11,15-17,20H,1-10,12-14H2,(H2,26,27,30)/b15-11+/t20-/m0/s1. The number of rotatable bonds is 5. The van der Waals surface area contributed by atoms with E-state index in [-0.39, 0.29) is 17.9 Å². The number of carbonyl (C=O) groups is 2. The van der Waals surface area contributed by atoms with Crippen LogP contribution in [-0.2, 0) is 45.2 Å². The van der Waals surface area contributed by atoms with Crippen LogP contribution in [0.1, 0.15) is 60.8 Å². The predicted octanol–water partition coefficient (Wildman–Crippen LogP) is 3.05. The Morgan fingerprint density at radius 2 is 1.65 bits per heavy atom. The van der Waals surface area contributed by atoms with Crippen molar-refractivity contribution in [2.24, 2.45) is 5.92 Å². The molecule has 2 aliphatic carbocycles. The molecule has 0 aromatic heterocycles. The third kappa shape index (κ3) is 4.86. The highest BCUT2D eigenvalue weighted by Crippen LogP contribution is 2.38. The fourth-order valence-corrected chi connectivity index (χ4v) is 6.67. The van der Waals surface area contributed by atoms with Crippen LogP contribution in [0.5, 0.6) is 0 Å². The number of carbonyl (C=O) groups excluding carboxylic acids is 2. The molecular formula is C25H33N3O5S. The molecule has 1 aromatic rings. The number of hydrogen-bond donors (Lipinski definition) is 2. The Hall–Kier alpha value is -2.39. The third-order valence-electron chi connectivity index (χ3n) is 7.58. The molecule has 0 spiro atoms. The van der Waals surface area contributed by atoms with Crippen LogP contribution in [0.2, 0.25) is 0 Å². The highest BCUT2D eigenvalue weighted by Gasteiger charge is 2.33. The number of aryl methyl sites for hydroxylation is 2. The molecule has 9 heteroatoms. The van der Waals surface area contributed by atoms with Gasteiger partial charge in [0.15, 0.2) is 0 Å². The second kappa shape index (κ2) is 9.70. The van der Waals surface area contributed by atoms with Gasteiger partial charge in [0.25, 0.3) is 10.0 Å². The second-order valence-corrected chi connectivity index (χ2v) is 11.4. The van der Waals surface area contributed by atoms with Gasteiger partial charge in [-0.15, -0.1) is 0 Å². The van der Waals surface area contributed by atoms with Crippen LogP contribution in [0.15, 0.2) is 17.6 Å². The molecule has 0 saturated carbocycles. The van der Waals surface area contributed by atoms with Gasteiger partial charge in [0.1, 0.15) is 0 Å². The molecule has 2 saturated heterocycles. The number of ether oxygens (including phenoxy) is 1. The molecule has 8 nitrogen and oxygen atoms in total. The van der Waals surface area contributed by atoms with Crippen LogP contribution in [0.4, 0.5) is 10.5 Å². The number of nitrogens with one attached hydrogen (secondary N) is 2. The van der Waals surface area contributed by atoms with Crippen LogP contribution >= 0.6 is 0 Å². The molecule has 1 aromatic carbocycles. The first-order valence-electron chi connectivity index (χ1n) is 12.5. The fraction of sp³-hybridized carbons (Fsp3) is 0.600. The average Bonchev–Trinajstić information content (AvgIpc) is 3.57. The van der Waals surface area contributed by atoms with Gasteiger partial charge in [-0.2, -0.15) is 0 Å². The Morgan fingerprint density at radius 3 is 2.32 bits per heavy atom. The highest BCUT2D eigenvalue weighted by atomic mass is 32.2. The maximum Gasteiger partial charge on any atom is 0.333 e. The van der Waals surface area contributed by atoms with E-state index in [2.05, 4.69) is 16.1 Å². The average molecular weight is 488 g/mol. The van der Waals surface area contributed by atoms with E-state index >= 15 is 0 Å². The number of hydrogen-bond acceptors (Lipinski definition) is 5. The van der Waals surface area contributed by atoms with Crippen molar-refractivity contribution < 1.29 is 22.7 Å². The van der Waals surface area contributed by atoms with Crippen molar-refractivity contribution >= 4 is 27.6 Å². The molecule has 34 heavy (non-hydrogen) atoms. The maximum absolute atomic E-state index is 12.9. The molecule has 5 rings (SSSR count). The van der Waals surface area contributed by atoms with Crippen molar-refractivity contribution in [3.63, 3.8) is 0 Å². The summed E-state index contributed by atoms with van der Waals surface area (Å²) in [4.78, 5) is 27.4. The van der Waals surface area contributed by atoms with Gasteiger partial charge in [0, 0.05) is 36.8 Å². The lowest BCUT2D eigenvalue weighted by Gasteiger charge is -2.29. The van der Waals surface area contributed by atoms with E-state index in [1.807, 2.05) is 0 Å². The Kier molecular flexibility index (Phi) is 6.66. The van der Waals surface area contributed by atoms with Crippen molar-refractivity contribution in [1.29, 1.82) is 0 Å². The smallest absolute Gasteiger partial charge is 0.333 e. The Balaban J connectivity index is 1.24. The van der Waals surface area contributed by atoms with Crippen molar-refractivity contribution in [3.05, 3.63) is 39.8 Å². The molecule has 2 aliphatic heterocycles. The van der Waals surface area contributed by atoms with Gasteiger partial charge in [-0.3, -0.25) is 4.79 Å². The molecule has 4 aliphatic rings. The SMILES string of the molecule is O=C(Nc1c2c(cc3c1CCC3)CCC2)NS(=O)(=O)/C=C/[C@@H]1CCCN1C(=O)C1CCOCC1. The minimum atomic E-state index is -3.99. The number of urea groups is 1. The Labute approximate surface area is 201 Å². The lowest BCUT2D eigenvalue weighted by molar-refractivity contribution is -0.138. The monoisotopic (exact) mass is 487 g/mol. The lowest BCUT2D eigenvalue weighted by Crippen LogP contribution is -2.41. The molecule has 2 fully saturated rings. The zero-order chi connectivity index (χ0) is 23.7. The highest BCUT2D eigenvalue weighted by molar-refractivity contribution is 7.92. The molecular weight excluding hydrogens is 454 g/mol. The molecule has 184 valence electrons. The van der Waals surface area contributed by atoms with Gasteiger partial charge in [0.05, 0.1) is 6.04 Å².